The Bertz CT molecular complexity index is 728. The van der Waals surface area contributed by atoms with Crippen LogP contribution in [0, 0.1) is 5.92 Å². The zero-order valence-electron chi connectivity index (χ0n) is 13.8. The summed E-state index contributed by atoms with van der Waals surface area (Å²) in [5, 5.41) is 2.58. The van der Waals surface area contributed by atoms with Gasteiger partial charge in [-0.3, -0.25) is 4.79 Å². The van der Waals surface area contributed by atoms with Gasteiger partial charge in [-0.1, -0.05) is 12.1 Å². The SMILES string of the molecule is Cl.NCCNC(=O)C1CCCN(S(=O)(=O)c2ccccc2C(F)(F)F)C1. The third kappa shape index (κ3) is 5.09. The number of halogens is 4. The second-order valence-electron chi connectivity index (χ2n) is 5.78. The number of hydrogen-bond donors (Lipinski definition) is 2. The quantitative estimate of drug-likeness (QED) is 0.764. The van der Waals surface area contributed by atoms with E-state index in [9.17, 15) is 26.4 Å². The van der Waals surface area contributed by atoms with E-state index in [0.29, 0.717) is 12.8 Å². The Hall–Kier alpha value is -1.36. The summed E-state index contributed by atoms with van der Waals surface area (Å²) in [5.41, 5.74) is 4.10. The normalized spacial score (nSPS) is 18.8. The Morgan fingerprint density at radius 1 is 1.31 bits per heavy atom. The van der Waals surface area contributed by atoms with Crippen molar-refractivity contribution in [3.63, 3.8) is 0 Å². The highest BCUT2D eigenvalue weighted by Gasteiger charge is 2.40. The lowest BCUT2D eigenvalue weighted by molar-refractivity contribution is -0.140. The zero-order valence-corrected chi connectivity index (χ0v) is 15.5. The number of piperidine rings is 1. The van der Waals surface area contributed by atoms with Gasteiger partial charge in [0.25, 0.3) is 0 Å². The van der Waals surface area contributed by atoms with Crippen molar-refractivity contribution in [2.24, 2.45) is 11.7 Å². The van der Waals surface area contributed by atoms with Crippen LogP contribution in [0.2, 0.25) is 0 Å². The van der Waals surface area contributed by atoms with Gasteiger partial charge in [-0.05, 0) is 25.0 Å². The van der Waals surface area contributed by atoms with E-state index in [1.807, 2.05) is 0 Å². The molecule has 148 valence electrons. The molecule has 0 saturated carbocycles. The molecule has 1 atom stereocenters. The lowest BCUT2D eigenvalue weighted by atomic mass is 9.99. The van der Waals surface area contributed by atoms with Gasteiger partial charge in [-0.15, -0.1) is 12.4 Å². The molecule has 1 saturated heterocycles. The molecule has 0 bridgehead atoms. The zero-order chi connectivity index (χ0) is 18.7. The Balaban J connectivity index is 0.00000338. The highest BCUT2D eigenvalue weighted by atomic mass is 35.5. The topological polar surface area (TPSA) is 92.5 Å². The molecule has 1 fully saturated rings. The van der Waals surface area contributed by atoms with E-state index in [0.717, 1.165) is 22.5 Å². The second-order valence-corrected chi connectivity index (χ2v) is 7.68. The minimum Gasteiger partial charge on any atom is -0.355 e. The molecule has 3 N–H and O–H groups in total. The lowest BCUT2D eigenvalue weighted by Gasteiger charge is -2.31. The van der Waals surface area contributed by atoms with Gasteiger partial charge in [0, 0.05) is 26.2 Å². The van der Waals surface area contributed by atoms with Gasteiger partial charge >= 0.3 is 6.18 Å². The lowest BCUT2D eigenvalue weighted by Crippen LogP contribution is -2.46. The molecule has 1 aromatic carbocycles. The predicted octanol–water partition coefficient (Wildman–Crippen LogP) is 1.60. The summed E-state index contributed by atoms with van der Waals surface area (Å²) in [6, 6.07) is 4.07. The number of carbonyl (C=O) groups is 1. The van der Waals surface area contributed by atoms with Crippen LogP contribution >= 0.6 is 12.4 Å². The van der Waals surface area contributed by atoms with Gasteiger partial charge < -0.3 is 11.1 Å². The number of carbonyl (C=O) groups excluding carboxylic acids is 1. The molecule has 1 heterocycles. The molecule has 2 rings (SSSR count). The van der Waals surface area contributed by atoms with E-state index in [1.165, 1.54) is 6.07 Å². The van der Waals surface area contributed by atoms with Crippen molar-refractivity contribution in [1.29, 1.82) is 0 Å². The maximum Gasteiger partial charge on any atom is 0.417 e. The summed E-state index contributed by atoms with van der Waals surface area (Å²) in [7, 11) is -4.35. The third-order valence-corrected chi connectivity index (χ3v) is 5.93. The minimum atomic E-state index is -4.78. The van der Waals surface area contributed by atoms with E-state index in [4.69, 9.17) is 5.73 Å². The fourth-order valence-corrected chi connectivity index (χ4v) is 4.52. The maximum absolute atomic E-state index is 13.1. The molecule has 0 aromatic heterocycles. The third-order valence-electron chi connectivity index (χ3n) is 4.01. The molecular weight excluding hydrogens is 395 g/mol. The first kappa shape index (κ1) is 22.7. The van der Waals surface area contributed by atoms with Gasteiger partial charge in [-0.25, -0.2) is 8.42 Å². The highest BCUT2D eigenvalue weighted by molar-refractivity contribution is 7.89. The molecule has 1 aromatic rings. The Kier molecular flexibility index (Phi) is 7.87. The molecular formula is C15H21ClF3N3O3S. The molecule has 26 heavy (non-hydrogen) atoms. The van der Waals surface area contributed by atoms with E-state index >= 15 is 0 Å². The number of nitrogens with zero attached hydrogens (tertiary/aromatic N) is 1. The minimum absolute atomic E-state index is 0. The molecule has 11 heteroatoms. The van der Waals surface area contributed by atoms with Crippen molar-refractivity contribution in [3.8, 4) is 0 Å². The molecule has 0 radical (unpaired) electrons. The van der Waals surface area contributed by atoms with Crippen LogP contribution in [0.4, 0.5) is 13.2 Å². The van der Waals surface area contributed by atoms with Crippen LogP contribution in [0.5, 0.6) is 0 Å². The number of hydrogen-bond acceptors (Lipinski definition) is 4. The fourth-order valence-electron chi connectivity index (χ4n) is 2.78. The summed E-state index contributed by atoms with van der Waals surface area (Å²) in [4.78, 5) is 11.2. The van der Waals surface area contributed by atoms with Crippen LogP contribution in [-0.2, 0) is 21.0 Å². The summed E-state index contributed by atoms with van der Waals surface area (Å²) < 4.78 is 65.8. The second kappa shape index (κ2) is 9.03. The highest BCUT2D eigenvalue weighted by Crippen LogP contribution is 2.36. The van der Waals surface area contributed by atoms with Crippen molar-refractivity contribution >= 4 is 28.3 Å². The van der Waals surface area contributed by atoms with Crippen LogP contribution in [0.1, 0.15) is 18.4 Å². The number of nitrogens with two attached hydrogens (primary N) is 1. The molecule has 1 amide bonds. The van der Waals surface area contributed by atoms with Crippen molar-refractivity contribution < 1.29 is 26.4 Å². The first-order chi connectivity index (χ1) is 11.7. The Morgan fingerprint density at radius 3 is 2.58 bits per heavy atom. The van der Waals surface area contributed by atoms with Crippen LogP contribution in [-0.4, -0.2) is 44.8 Å². The average molecular weight is 416 g/mol. The molecule has 1 aliphatic heterocycles. The number of nitrogens with one attached hydrogen (secondary N) is 1. The standard InChI is InChI=1S/C15H20F3N3O3S.ClH/c16-15(17,18)12-5-1-2-6-13(12)25(23,24)21-9-3-4-11(10-21)14(22)20-8-7-19;/h1-2,5-6,11H,3-4,7-10,19H2,(H,20,22);1H. The smallest absolute Gasteiger partial charge is 0.355 e. The first-order valence-corrected chi connectivity index (χ1v) is 9.26. The fraction of sp³-hybridized carbons (Fsp3) is 0.533. The van der Waals surface area contributed by atoms with E-state index in [-0.39, 0.29) is 44.5 Å². The van der Waals surface area contributed by atoms with Crippen molar-refractivity contribution in [2.75, 3.05) is 26.2 Å². The van der Waals surface area contributed by atoms with Crippen LogP contribution in [0.3, 0.4) is 0 Å². The first-order valence-electron chi connectivity index (χ1n) is 7.82. The van der Waals surface area contributed by atoms with Gasteiger partial charge in [0.1, 0.15) is 0 Å². The van der Waals surface area contributed by atoms with E-state index in [1.54, 1.807) is 0 Å². The summed E-state index contributed by atoms with van der Waals surface area (Å²) in [6.45, 7) is 0.443. The van der Waals surface area contributed by atoms with Gasteiger partial charge in [-0.2, -0.15) is 17.5 Å². The monoisotopic (exact) mass is 415 g/mol. The predicted molar refractivity (Wildman–Crippen MR) is 92.2 cm³/mol. The molecule has 6 nitrogen and oxygen atoms in total. The number of benzene rings is 1. The van der Waals surface area contributed by atoms with E-state index < -0.39 is 32.6 Å². The largest absolute Gasteiger partial charge is 0.417 e. The molecule has 1 aliphatic rings. The summed E-state index contributed by atoms with van der Waals surface area (Å²) >= 11 is 0. The van der Waals surface area contributed by atoms with Crippen molar-refractivity contribution in [1.82, 2.24) is 9.62 Å². The van der Waals surface area contributed by atoms with Crippen LogP contribution in [0.15, 0.2) is 29.2 Å². The van der Waals surface area contributed by atoms with Gasteiger partial charge in [0.15, 0.2) is 0 Å². The summed E-state index contributed by atoms with van der Waals surface area (Å²) in [6.07, 6.45) is -3.91. The molecule has 1 unspecified atom stereocenters. The Morgan fingerprint density at radius 2 is 1.96 bits per heavy atom. The number of alkyl halides is 3. The van der Waals surface area contributed by atoms with Crippen molar-refractivity contribution in [2.45, 2.75) is 23.9 Å². The van der Waals surface area contributed by atoms with Gasteiger partial charge in [0.05, 0.1) is 16.4 Å². The molecule has 0 spiro atoms. The van der Waals surface area contributed by atoms with Crippen LogP contribution < -0.4 is 11.1 Å². The molecule has 0 aliphatic carbocycles. The van der Waals surface area contributed by atoms with Crippen LogP contribution in [0.25, 0.3) is 0 Å². The number of sulfonamides is 1. The Labute approximate surface area is 156 Å². The van der Waals surface area contributed by atoms with E-state index in [2.05, 4.69) is 5.32 Å². The van der Waals surface area contributed by atoms with Crippen molar-refractivity contribution in [3.05, 3.63) is 29.8 Å². The number of amides is 1. The average Bonchev–Trinajstić information content (AvgIpc) is 2.59. The van der Waals surface area contributed by atoms with Gasteiger partial charge in [0.2, 0.25) is 15.9 Å². The summed E-state index contributed by atoms with van der Waals surface area (Å²) in [5.74, 6) is -0.942. The number of rotatable bonds is 5. The maximum atomic E-state index is 13.1.